The Morgan fingerprint density at radius 1 is 1.07 bits per heavy atom. The van der Waals surface area contributed by atoms with E-state index in [9.17, 15) is 30.0 Å². The first-order chi connectivity index (χ1) is 12.7. The third-order valence-electron chi connectivity index (χ3n) is 4.06. The molecule has 1 heterocycles. The van der Waals surface area contributed by atoms with Gasteiger partial charge in [-0.05, 0) is 12.1 Å². The van der Waals surface area contributed by atoms with Gasteiger partial charge in [-0.25, -0.2) is 0 Å². The van der Waals surface area contributed by atoms with E-state index in [4.69, 9.17) is 14.2 Å². The van der Waals surface area contributed by atoms with Crippen LogP contribution in [0.2, 0.25) is 0 Å². The van der Waals surface area contributed by atoms with Gasteiger partial charge in [0, 0.05) is 18.6 Å². The molecule has 0 bridgehead atoms. The van der Waals surface area contributed by atoms with Crippen LogP contribution in [0.25, 0.3) is 0 Å². The molecule has 0 spiro atoms. The van der Waals surface area contributed by atoms with Crippen molar-refractivity contribution in [2.24, 2.45) is 0 Å². The number of hydrogen-bond donors (Lipinski definition) is 4. The fraction of sp³-hybridized carbons (Fsp3) is 0.222. The summed E-state index contributed by atoms with van der Waals surface area (Å²) in [6.07, 6.45) is -2.66. The standard InChI is InChI=1S/C18H16O9/c1-7(19)26-18-15(24)13-12(6-11(22)17(25-2)14(13)23)27-16(18)8-3-4-9(20)10(21)5-8/h3-6,16,18,20-23H,1-2H3/t16-,18+/m1/s1. The summed E-state index contributed by atoms with van der Waals surface area (Å²) in [5.74, 6) is -3.98. The number of hydrogen-bond acceptors (Lipinski definition) is 9. The first-order valence-electron chi connectivity index (χ1n) is 7.77. The summed E-state index contributed by atoms with van der Waals surface area (Å²) in [4.78, 5) is 24.4. The van der Waals surface area contributed by atoms with Gasteiger partial charge in [0.15, 0.2) is 29.1 Å². The quantitative estimate of drug-likeness (QED) is 0.465. The Labute approximate surface area is 153 Å². The predicted molar refractivity (Wildman–Crippen MR) is 89.3 cm³/mol. The molecule has 2 atom stereocenters. The van der Waals surface area contributed by atoms with Crippen LogP contribution in [0, 0.1) is 0 Å². The molecule has 9 heteroatoms. The molecule has 1 aliphatic rings. The molecule has 0 amide bonds. The molecule has 0 fully saturated rings. The van der Waals surface area contributed by atoms with Crippen molar-refractivity contribution >= 4 is 11.8 Å². The molecule has 0 radical (unpaired) electrons. The lowest BCUT2D eigenvalue weighted by Gasteiger charge is -2.32. The monoisotopic (exact) mass is 376 g/mol. The first kappa shape index (κ1) is 18.2. The lowest BCUT2D eigenvalue weighted by molar-refractivity contribution is -0.148. The van der Waals surface area contributed by atoms with Gasteiger partial charge in [0.1, 0.15) is 11.3 Å². The normalized spacial score (nSPS) is 18.4. The number of ketones is 1. The smallest absolute Gasteiger partial charge is 0.303 e. The summed E-state index contributed by atoms with van der Waals surface area (Å²) in [6.45, 7) is 1.10. The van der Waals surface area contributed by atoms with E-state index in [-0.39, 0.29) is 28.4 Å². The van der Waals surface area contributed by atoms with Crippen molar-refractivity contribution in [1.29, 1.82) is 0 Å². The number of benzene rings is 2. The van der Waals surface area contributed by atoms with Crippen LogP contribution in [0.3, 0.4) is 0 Å². The fourth-order valence-corrected chi connectivity index (χ4v) is 2.88. The van der Waals surface area contributed by atoms with Crippen LogP contribution in [-0.2, 0) is 9.53 Å². The van der Waals surface area contributed by atoms with Crippen LogP contribution in [0.5, 0.6) is 34.5 Å². The minimum Gasteiger partial charge on any atom is -0.504 e. The number of ether oxygens (including phenoxy) is 3. The lowest BCUT2D eigenvalue weighted by Crippen LogP contribution is -2.39. The molecule has 9 nitrogen and oxygen atoms in total. The molecule has 3 rings (SSSR count). The number of aromatic hydroxyl groups is 4. The molecule has 0 aliphatic carbocycles. The molecule has 0 unspecified atom stereocenters. The summed E-state index contributed by atoms with van der Waals surface area (Å²) in [7, 11) is 1.20. The zero-order valence-electron chi connectivity index (χ0n) is 14.3. The Morgan fingerprint density at radius 2 is 1.78 bits per heavy atom. The van der Waals surface area contributed by atoms with Crippen LogP contribution in [0.15, 0.2) is 24.3 Å². The number of rotatable bonds is 3. The van der Waals surface area contributed by atoms with E-state index in [1.54, 1.807) is 0 Å². The van der Waals surface area contributed by atoms with Crippen molar-refractivity contribution in [3.05, 3.63) is 35.4 Å². The molecule has 142 valence electrons. The van der Waals surface area contributed by atoms with Gasteiger partial charge in [0.2, 0.25) is 17.6 Å². The highest BCUT2D eigenvalue weighted by Gasteiger charge is 2.43. The first-order valence-corrected chi connectivity index (χ1v) is 7.77. The van der Waals surface area contributed by atoms with E-state index in [0.717, 1.165) is 19.1 Å². The van der Waals surface area contributed by atoms with E-state index < -0.39 is 41.2 Å². The third kappa shape index (κ3) is 3.03. The maximum atomic E-state index is 12.9. The largest absolute Gasteiger partial charge is 0.504 e. The number of esters is 1. The molecule has 4 N–H and O–H groups in total. The van der Waals surface area contributed by atoms with Crippen LogP contribution in [0.1, 0.15) is 28.9 Å². The summed E-state index contributed by atoms with van der Waals surface area (Å²) >= 11 is 0. The van der Waals surface area contributed by atoms with Crippen molar-refractivity contribution in [1.82, 2.24) is 0 Å². The Bertz CT molecular complexity index is 935. The Balaban J connectivity index is 2.16. The minimum atomic E-state index is -1.47. The average molecular weight is 376 g/mol. The number of fused-ring (bicyclic) bond motifs is 1. The number of carbonyl (C=O) groups excluding carboxylic acids is 2. The third-order valence-corrected chi connectivity index (χ3v) is 4.06. The number of Topliss-reactive ketones (excluding diaryl/α,β-unsaturated/α-hetero) is 1. The van der Waals surface area contributed by atoms with Gasteiger partial charge in [-0.3, -0.25) is 9.59 Å². The summed E-state index contributed by atoms with van der Waals surface area (Å²) in [6, 6.07) is 4.79. The van der Waals surface area contributed by atoms with Crippen molar-refractivity contribution < 1.29 is 44.2 Å². The minimum absolute atomic E-state index is 0.156. The molecule has 27 heavy (non-hydrogen) atoms. The molecular formula is C18H16O9. The molecule has 0 saturated carbocycles. The van der Waals surface area contributed by atoms with Gasteiger partial charge in [0.05, 0.1) is 7.11 Å². The van der Waals surface area contributed by atoms with Gasteiger partial charge < -0.3 is 34.6 Å². The molecule has 2 aromatic carbocycles. The molecule has 2 aromatic rings. The molecule has 0 aromatic heterocycles. The highest BCUT2D eigenvalue weighted by Crippen LogP contribution is 2.49. The zero-order chi connectivity index (χ0) is 19.9. The topological polar surface area (TPSA) is 143 Å². The molecule has 0 saturated heterocycles. The summed E-state index contributed by atoms with van der Waals surface area (Å²) in [5.41, 5.74) is -0.0829. The number of carbonyl (C=O) groups is 2. The SMILES string of the molecule is COc1c(O)cc2c(c1O)C(=O)[C@H](OC(C)=O)[C@@H](c1ccc(O)c(O)c1)O2. The van der Waals surface area contributed by atoms with Crippen LogP contribution < -0.4 is 9.47 Å². The summed E-state index contributed by atoms with van der Waals surface area (Å²) in [5, 5.41) is 39.4. The fourth-order valence-electron chi connectivity index (χ4n) is 2.88. The maximum Gasteiger partial charge on any atom is 0.303 e. The van der Waals surface area contributed by atoms with Gasteiger partial charge in [0.25, 0.3) is 0 Å². The number of phenols is 4. The Kier molecular flexibility index (Phi) is 4.44. The zero-order valence-corrected chi connectivity index (χ0v) is 14.3. The highest BCUT2D eigenvalue weighted by atomic mass is 16.6. The van der Waals surface area contributed by atoms with Crippen LogP contribution in [-0.4, -0.2) is 45.4 Å². The van der Waals surface area contributed by atoms with Gasteiger partial charge in [-0.2, -0.15) is 0 Å². The Hall–Kier alpha value is -3.62. The van der Waals surface area contributed by atoms with E-state index >= 15 is 0 Å². The van der Waals surface area contributed by atoms with Gasteiger partial charge in [-0.15, -0.1) is 0 Å². The van der Waals surface area contributed by atoms with Crippen molar-refractivity contribution in [2.45, 2.75) is 19.1 Å². The second-order valence-electron chi connectivity index (χ2n) is 5.83. The number of methoxy groups -OCH3 is 1. The van der Waals surface area contributed by atoms with Gasteiger partial charge >= 0.3 is 5.97 Å². The van der Waals surface area contributed by atoms with Crippen molar-refractivity contribution in [2.75, 3.05) is 7.11 Å². The van der Waals surface area contributed by atoms with Crippen molar-refractivity contribution in [3.63, 3.8) is 0 Å². The van der Waals surface area contributed by atoms with Gasteiger partial charge in [-0.1, -0.05) is 6.07 Å². The Morgan fingerprint density at radius 3 is 2.37 bits per heavy atom. The predicted octanol–water partition coefficient (Wildman–Crippen LogP) is 1.77. The average Bonchev–Trinajstić information content (AvgIpc) is 2.59. The van der Waals surface area contributed by atoms with E-state index in [0.29, 0.717) is 0 Å². The second kappa shape index (κ2) is 6.60. The second-order valence-corrected chi connectivity index (χ2v) is 5.83. The molecular weight excluding hydrogens is 360 g/mol. The van der Waals surface area contributed by atoms with Crippen molar-refractivity contribution in [3.8, 4) is 34.5 Å². The highest BCUT2D eigenvalue weighted by molar-refractivity contribution is 6.07. The van der Waals surface area contributed by atoms with E-state index in [2.05, 4.69) is 0 Å². The van der Waals surface area contributed by atoms with Crippen LogP contribution >= 0.6 is 0 Å². The number of phenolic OH excluding ortho intramolecular Hbond substituents is 4. The maximum absolute atomic E-state index is 12.9. The summed E-state index contributed by atoms with van der Waals surface area (Å²) < 4.78 is 15.6. The lowest BCUT2D eigenvalue weighted by atomic mass is 9.92. The molecule has 1 aliphatic heterocycles. The van der Waals surface area contributed by atoms with Crippen LogP contribution in [0.4, 0.5) is 0 Å². The van der Waals surface area contributed by atoms with E-state index in [1.165, 1.54) is 19.2 Å². The van der Waals surface area contributed by atoms with E-state index in [1.807, 2.05) is 0 Å².